The predicted molar refractivity (Wildman–Crippen MR) is 82.8 cm³/mol. The van der Waals surface area contributed by atoms with Crippen LogP contribution in [0.25, 0.3) is 11.0 Å². The average molecular weight is 286 g/mol. The first-order valence-electron chi connectivity index (χ1n) is 7.72. The fraction of sp³-hybridized carbons (Fsp3) is 0.529. The highest BCUT2D eigenvalue weighted by molar-refractivity contribution is 5.92. The highest BCUT2D eigenvalue weighted by atomic mass is 16.4. The van der Waals surface area contributed by atoms with Gasteiger partial charge in [0.2, 0.25) is 0 Å². The summed E-state index contributed by atoms with van der Waals surface area (Å²) >= 11 is 0. The minimum Gasteiger partial charge on any atom is -0.478 e. The summed E-state index contributed by atoms with van der Waals surface area (Å²) in [6, 6.07) is 5.68. The zero-order valence-corrected chi connectivity index (χ0v) is 12.8. The van der Waals surface area contributed by atoms with Crippen molar-refractivity contribution in [3.63, 3.8) is 0 Å². The van der Waals surface area contributed by atoms with Gasteiger partial charge in [0.05, 0.1) is 16.6 Å². The highest BCUT2D eigenvalue weighted by Gasteiger charge is 2.31. The molecule has 4 nitrogen and oxygen atoms in total. The van der Waals surface area contributed by atoms with Crippen LogP contribution in [-0.2, 0) is 0 Å². The van der Waals surface area contributed by atoms with Gasteiger partial charge in [-0.25, -0.2) is 9.78 Å². The van der Waals surface area contributed by atoms with Crippen molar-refractivity contribution in [2.75, 3.05) is 0 Å². The molecule has 0 aliphatic heterocycles. The molecule has 1 aromatic heterocycles. The van der Waals surface area contributed by atoms with Crippen LogP contribution in [0, 0.1) is 5.92 Å². The Balaban J connectivity index is 2.11. The van der Waals surface area contributed by atoms with Gasteiger partial charge in [-0.05, 0) is 50.3 Å². The number of benzene rings is 1. The zero-order chi connectivity index (χ0) is 15.1. The molecule has 3 rings (SSSR count). The Bertz CT molecular complexity index is 683. The van der Waals surface area contributed by atoms with Crippen LogP contribution in [0.2, 0.25) is 0 Å². The summed E-state index contributed by atoms with van der Waals surface area (Å²) < 4.78 is 2.33. The topological polar surface area (TPSA) is 55.1 Å². The summed E-state index contributed by atoms with van der Waals surface area (Å²) in [5.74, 6) is 1.43. The first kappa shape index (κ1) is 14.1. The molecule has 1 saturated carbocycles. The number of carboxylic acid groups (broad SMARTS) is 1. The minimum absolute atomic E-state index is 0.311. The third-order valence-corrected chi connectivity index (χ3v) is 4.16. The molecule has 1 aromatic carbocycles. The van der Waals surface area contributed by atoms with Gasteiger partial charge in [0.25, 0.3) is 0 Å². The Morgan fingerprint density at radius 1 is 1.38 bits per heavy atom. The molecule has 1 N–H and O–H groups in total. The summed E-state index contributed by atoms with van der Waals surface area (Å²) in [4.78, 5) is 15.9. The predicted octanol–water partition coefficient (Wildman–Crippen LogP) is 4.22. The van der Waals surface area contributed by atoms with Crippen LogP contribution in [0.1, 0.15) is 68.2 Å². The van der Waals surface area contributed by atoms with Crippen LogP contribution >= 0.6 is 0 Å². The second-order valence-electron chi connectivity index (χ2n) is 6.60. The van der Waals surface area contributed by atoms with Crippen LogP contribution in [-0.4, -0.2) is 20.6 Å². The second-order valence-corrected chi connectivity index (χ2v) is 6.60. The molecule has 0 amide bonds. The van der Waals surface area contributed by atoms with E-state index in [0.717, 1.165) is 23.3 Å². The number of hydrogen-bond donors (Lipinski definition) is 1. The molecule has 1 fully saturated rings. The first-order chi connectivity index (χ1) is 9.97. The van der Waals surface area contributed by atoms with Gasteiger partial charge in [-0.1, -0.05) is 13.8 Å². The number of hydrogen-bond acceptors (Lipinski definition) is 2. The van der Waals surface area contributed by atoms with Crippen molar-refractivity contribution in [2.45, 2.75) is 52.0 Å². The lowest BCUT2D eigenvalue weighted by atomic mass is 10.0. The largest absolute Gasteiger partial charge is 0.478 e. The second kappa shape index (κ2) is 5.17. The Labute approximate surface area is 124 Å². The normalized spacial score (nSPS) is 16.6. The lowest BCUT2D eigenvalue weighted by Crippen LogP contribution is -2.11. The summed E-state index contributed by atoms with van der Waals surface area (Å²) in [5, 5.41) is 9.14. The first-order valence-corrected chi connectivity index (χ1v) is 7.72. The molecular formula is C17H22N2O2. The molecule has 1 unspecified atom stereocenters. The van der Waals surface area contributed by atoms with E-state index in [1.165, 1.54) is 12.8 Å². The van der Waals surface area contributed by atoms with Crippen molar-refractivity contribution < 1.29 is 9.90 Å². The Morgan fingerprint density at radius 3 is 2.67 bits per heavy atom. The summed E-state index contributed by atoms with van der Waals surface area (Å²) in [6.45, 7) is 6.70. The maximum absolute atomic E-state index is 11.1. The molecule has 0 bridgehead atoms. The molecule has 112 valence electrons. The third-order valence-electron chi connectivity index (χ3n) is 4.16. The monoisotopic (exact) mass is 286 g/mol. The van der Waals surface area contributed by atoms with E-state index in [9.17, 15) is 4.79 Å². The van der Waals surface area contributed by atoms with E-state index in [4.69, 9.17) is 10.1 Å². The molecule has 0 saturated heterocycles. The number of carbonyl (C=O) groups is 1. The third kappa shape index (κ3) is 2.67. The average Bonchev–Trinajstić information content (AvgIpc) is 3.17. The van der Waals surface area contributed by atoms with Crippen molar-refractivity contribution in [1.29, 1.82) is 0 Å². The molecule has 1 heterocycles. The van der Waals surface area contributed by atoms with Gasteiger partial charge in [-0.15, -0.1) is 0 Å². The SMILES string of the molecule is CC(C)CC(C)n1c(C2CC2)nc2cc(C(=O)O)ccc21. The summed E-state index contributed by atoms with van der Waals surface area (Å²) in [5.41, 5.74) is 2.19. The van der Waals surface area contributed by atoms with E-state index in [1.54, 1.807) is 12.1 Å². The molecular weight excluding hydrogens is 264 g/mol. The highest BCUT2D eigenvalue weighted by Crippen LogP contribution is 2.42. The Hall–Kier alpha value is -1.84. The van der Waals surface area contributed by atoms with Crippen LogP contribution in [0.3, 0.4) is 0 Å². The molecule has 4 heteroatoms. The van der Waals surface area contributed by atoms with Gasteiger partial charge in [0.1, 0.15) is 5.82 Å². The van der Waals surface area contributed by atoms with Gasteiger partial charge in [0.15, 0.2) is 0 Å². The Kier molecular flexibility index (Phi) is 3.47. The molecule has 1 aliphatic rings. The number of nitrogens with zero attached hydrogens (tertiary/aromatic N) is 2. The van der Waals surface area contributed by atoms with E-state index in [1.807, 2.05) is 6.07 Å². The number of imidazole rings is 1. The van der Waals surface area contributed by atoms with E-state index in [0.29, 0.717) is 23.4 Å². The van der Waals surface area contributed by atoms with E-state index in [-0.39, 0.29) is 0 Å². The maximum atomic E-state index is 11.1. The molecule has 0 radical (unpaired) electrons. The summed E-state index contributed by atoms with van der Waals surface area (Å²) in [7, 11) is 0. The van der Waals surface area contributed by atoms with Crippen LogP contribution in [0.15, 0.2) is 18.2 Å². The van der Waals surface area contributed by atoms with Crippen molar-refractivity contribution in [2.24, 2.45) is 5.92 Å². The quantitative estimate of drug-likeness (QED) is 0.895. The van der Waals surface area contributed by atoms with Crippen molar-refractivity contribution in [1.82, 2.24) is 9.55 Å². The van der Waals surface area contributed by atoms with Crippen molar-refractivity contribution in [3.05, 3.63) is 29.6 Å². The van der Waals surface area contributed by atoms with Gasteiger partial charge in [0, 0.05) is 12.0 Å². The van der Waals surface area contributed by atoms with Gasteiger partial charge in [-0.2, -0.15) is 0 Å². The summed E-state index contributed by atoms with van der Waals surface area (Å²) in [6.07, 6.45) is 3.50. The smallest absolute Gasteiger partial charge is 0.335 e. The zero-order valence-electron chi connectivity index (χ0n) is 12.8. The standard InChI is InChI=1S/C17H22N2O2/c1-10(2)8-11(3)19-15-7-6-13(17(20)21)9-14(15)18-16(19)12-4-5-12/h6-7,9-12H,4-5,8H2,1-3H3,(H,20,21). The molecule has 1 aliphatic carbocycles. The van der Waals surface area contributed by atoms with Crippen LogP contribution < -0.4 is 0 Å². The van der Waals surface area contributed by atoms with E-state index < -0.39 is 5.97 Å². The van der Waals surface area contributed by atoms with E-state index in [2.05, 4.69) is 25.3 Å². The fourth-order valence-electron chi connectivity index (χ4n) is 3.13. The van der Waals surface area contributed by atoms with Crippen LogP contribution in [0.4, 0.5) is 0 Å². The lowest BCUT2D eigenvalue weighted by molar-refractivity contribution is 0.0697. The number of aromatic nitrogens is 2. The van der Waals surface area contributed by atoms with Crippen molar-refractivity contribution in [3.8, 4) is 0 Å². The number of aromatic carboxylic acids is 1. The maximum Gasteiger partial charge on any atom is 0.335 e. The van der Waals surface area contributed by atoms with Crippen molar-refractivity contribution >= 4 is 17.0 Å². The lowest BCUT2D eigenvalue weighted by Gasteiger charge is -2.19. The molecule has 1 atom stereocenters. The van der Waals surface area contributed by atoms with Gasteiger partial charge < -0.3 is 9.67 Å². The molecule has 2 aromatic rings. The van der Waals surface area contributed by atoms with Gasteiger partial charge in [-0.3, -0.25) is 0 Å². The van der Waals surface area contributed by atoms with Gasteiger partial charge >= 0.3 is 5.97 Å². The van der Waals surface area contributed by atoms with Crippen LogP contribution in [0.5, 0.6) is 0 Å². The molecule has 21 heavy (non-hydrogen) atoms. The fourth-order valence-corrected chi connectivity index (χ4v) is 3.13. The minimum atomic E-state index is -0.894. The Morgan fingerprint density at radius 2 is 2.10 bits per heavy atom. The number of fused-ring (bicyclic) bond motifs is 1. The number of carboxylic acids is 1. The molecule has 0 spiro atoms. The number of rotatable bonds is 5. The van der Waals surface area contributed by atoms with E-state index >= 15 is 0 Å².